The fourth-order valence-electron chi connectivity index (χ4n) is 12.1. The summed E-state index contributed by atoms with van der Waals surface area (Å²) in [4.78, 5) is 12.2. The summed E-state index contributed by atoms with van der Waals surface area (Å²) in [5.41, 5.74) is 1.65. The van der Waals surface area contributed by atoms with Gasteiger partial charge in [-0.1, -0.05) is 60.1 Å². The lowest BCUT2D eigenvalue weighted by atomic mass is 9.34. The van der Waals surface area contributed by atoms with Crippen LogP contribution in [0.2, 0.25) is 0 Å². The van der Waals surface area contributed by atoms with Gasteiger partial charge in [-0.15, -0.1) is 0 Å². The van der Waals surface area contributed by atoms with Gasteiger partial charge in [-0.05, 0) is 78.4 Å². The third-order valence-corrected chi connectivity index (χ3v) is 13.8. The molecule has 7 rings (SSSR count). The molecule has 0 amide bonds. The molecule has 2 heterocycles. The van der Waals surface area contributed by atoms with Gasteiger partial charge >= 0.3 is 5.97 Å². The molecule has 6 fully saturated rings. The third kappa shape index (κ3) is 2.80. The summed E-state index contributed by atoms with van der Waals surface area (Å²) in [6.07, 6.45) is 9.88. The number of carbonyl (C=O) groups excluding carboxylic acids is 1. The lowest BCUT2D eigenvalue weighted by Gasteiger charge is -2.68. The van der Waals surface area contributed by atoms with Crippen molar-refractivity contribution in [3.05, 3.63) is 11.6 Å². The number of carbonyl (C=O) groups is 1. The Morgan fingerprint density at radius 3 is 2.43 bits per heavy atom. The van der Waals surface area contributed by atoms with Crippen molar-refractivity contribution < 1.29 is 24.1 Å². The second-order valence-corrected chi connectivity index (χ2v) is 16.2. The molecule has 12 atom stereocenters. The monoisotopic (exact) mass is 512 g/mol. The van der Waals surface area contributed by atoms with Crippen LogP contribution in [0.25, 0.3) is 0 Å². The van der Waals surface area contributed by atoms with Crippen molar-refractivity contribution in [2.24, 2.45) is 50.2 Å². The number of epoxide rings is 1. The van der Waals surface area contributed by atoms with Gasteiger partial charge in [-0.3, -0.25) is 4.79 Å². The number of aliphatic hydroxyl groups excluding tert-OH is 1. The highest BCUT2D eigenvalue weighted by atomic mass is 16.7. The molecule has 1 N–H and O–H groups in total. The van der Waals surface area contributed by atoms with Gasteiger partial charge in [0.15, 0.2) is 0 Å². The van der Waals surface area contributed by atoms with E-state index in [-0.39, 0.29) is 62.9 Å². The smallest absolute Gasteiger partial charge is 0.304 e. The summed E-state index contributed by atoms with van der Waals surface area (Å²) in [6, 6.07) is 0. The Morgan fingerprint density at radius 1 is 1.00 bits per heavy atom. The number of aliphatic hydroxyl groups is 1. The van der Waals surface area contributed by atoms with Crippen LogP contribution in [0.5, 0.6) is 0 Å². The van der Waals surface area contributed by atoms with Crippen molar-refractivity contribution >= 4 is 5.97 Å². The van der Waals surface area contributed by atoms with E-state index >= 15 is 0 Å². The Balaban J connectivity index is 1.34. The van der Waals surface area contributed by atoms with E-state index in [0.717, 1.165) is 32.1 Å². The summed E-state index contributed by atoms with van der Waals surface area (Å²) >= 11 is 0. The molecule has 0 aromatic heterocycles. The van der Waals surface area contributed by atoms with Crippen molar-refractivity contribution in [2.75, 3.05) is 0 Å². The number of hydrogen-bond donors (Lipinski definition) is 1. The zero-order chi connectivity index (χ0) is 26.6. The molecule has 5 aliphatic carbocycles. The fraction of sp³-hybridized carbons (Fsp3) is 0.906. The molecule has 2 unspecified atom stereocenters. The van der Waals surface area contributed by atoms with Crippen LogP contribution in [-0.4, -0.2) is 41.8 Å². The van der Waals surface area contributed by atoms with Gasteiger partial charge in [0.1, 0.15) is 0 Å². The van der Waals surface area contributed by atoms with E-state index in [0.29, 0.717) is 17.8 Å². The molecule has 5 heteroatoms. The second kappa shape index (κ2) is 7.04. The van der Waals surface area contributed by atoms with Crippen LogP contribution in [0.1, 0.15) is 100 Å². The summed E-state index contributed by atoms with van der Waals surface area (Å²) in [6.45, 7) is 18.4. The Kier molecular flexibility index (Phi) is 4.78. The van der Waals surface area contributed by atoms with Crippen LogP contribution >= 0.6 is 0 Å². The fourth-order valence-corrected chi connectivity index (χ4v) is 12.1. The molecular weight excluding hydrogens is 464 g/mol. The Hall–Kier alpha value is -0.910. The lowest BCUT2D eigenvalue weighted by Crippen LogP contribution is -2.66. The second-order valence-electron chi connectivity index (χ2n) is 16.2. The van der Waals surface area contributed by atoms with Crippen molar-refractivity contribution in [1.29, 1.82) is 0 Å². The first-order valence-corrected chi connectivity index (χ1v) is 15.0. The minimum atomic E-state index is -0.444. The SMILES string of the molecule is CC(=O)O[C@H]1O[C@H]2C[C@@]13CC=C1[C@@]4(C)C(CC[C@@]1(C)[C@@H]3CC2(C)C)[C@@]1(C)CC[C@@H](O)C(C)(C)C1[C@H]1O[C@H]14. The lowest BCUT2D eigenvalue weighted by molar-refractivity contribution is -0.203. The van der Waals surface area contributed by atoms with E-state index in [9.17, 15) is 9.90 Å². The number of allylic oxidation sites excluding steroid dienone is 1. The molecule has 4 saturated carbocycles. The van der Waals surface area contributed by atoms with Crippen LogP contribution < -0.4 is 0 Å². The summed E-state index contributed by atoms with van der Waals surface area (Å²) in [5, 5.41) is 11.0. The van der Waals surface area contributed by atoms with Crippen LogP contribution in [0.3, 0.4) is 0 Å². The number of esters is 1. The topological polar surface area (TPSA) is 68.3 Å². The highest BCUT2D eigenvalue weighted by Gasteiger charge is 2.78. The maximum absolute atomic E-state index is 12.2. The molecule has 2 bridgehead atoms. The first-order chi connectivity index (χ1) is 17.1. The van der Waals surface area contributed by atoms with E-state index < -0.39 is 6.29 Å². The van der Waals surface area contributed by atoms with Crippen LogP contribution in [0, 0.1) is 50.2 Å². The Labute approximate surface area is 223 Å². The van der Waals surface area contributed by atoms with Gasteiger partial charge < -0.3 is 19.3 Å². The predicted octanol–water partition coefficient (Wildman–Crippen LogP) is 6.03. The molecule has 206 valence electrons. The highest BCUT2D eigenvalue weighted by Crippen LogP contribution is 2.79. The van der Waals surface area contributed by atoms with E-state index in [1.165, 1.54) is 19.8 Å². The zero-order valence-corrected chi connectivity index (χ0v) is 24.2. The molecular formula is C32H48O5. The van der Waals surface area contributed by atoms with Crippen LogP contribution in [0.15, 0.2) is 11.6 Å². The summed E-state index contributed by atoms with van der Waals surface area (Å²) in [7, 11) is 0. The normalized spacial score (nSPS) is 58.0. The van der Waals surface area contributed by atoms with Crippen LogP contribution in [0.4, 0.5) is 0 Å². The number of fused-ring (bicyclic) bond motifs is 10. The molecule has 5 nitrogen and oxygen atoms in total. The van der Waals surface area contributed by atoms with Gasteiger partial charge in [-0.25, -0.2) is 0 Å². The zero-order valence-electron chi connectivity index (χ0n) is 24.2. The molecule has 7 aliphatic rings. The number of ether oxygens (including phenoxy) is 3. The Bertz CT molecular complexity index is 1080. The minimum absolute atomic E-state index is 0.0142. The standard InChI is InChI=1S/C32H48O5/c1-17(33)35-26-32-14-10-18-29(6,20(32)15-27(2,3)22(16-32)36-26)12-9-19-30(7)13-11-21(34)28(4,5)24(30)23-25(37-23)31(18,19)8/h10,19-26,34H,9,11-16H2,1-8H3/t19?,20-,21+,22-,23+,24?,25+,26-,29+,30+,31-,32+/m0/s1. The Morgan fingerprint density at radius 2 is 1.73 bits per heavy atom. The van der Waals surface area contributed by atoms with Gasteiger partial charge in [0.05, 0.1) is 24.4 Å². The van der Waals surface area contributed by atoms with E-state index in [1.54, 1.807) is 5.57 Å². The van der Waals surface area contributed by atoms with Crippen molar-refractivity contribution in [3.8, 4) is 0 Å². The largest absolute Gasteiger partial charge is 0.435 e. The van der Waals surface area contributed by atoms with Crippen LogP contribution in [-0.2, 0) is 19.0 Å². The van der Waals surface area contributed by atoms with Gasteiger partial charge in [0.2, 0.25) is 6.29 Å². The molecule has 0 radical (unpaired) electrons. The van der Waals surface area contributed by atoms with Crippen molar-refractivity contribution in [3.63, 3.8) is 0 Å². The summed E-state index contributed by atoms with van der Waals surface area (Å²) in [5.74, 6) is 1.14. The van der Waals surface area contributed by atoms with E-state index in [1.807, 2.05) is 0 Å². The molecule has 1 spiro atoms. The quantitative estimate of drug-likeness (QED) is 0.264. The highest BCUT2D eigenvalue weighted by molar-refractivity contribution is 5.66. The van der Waals surface area contributed by atoms with E-state index in [4.69, 9.17) is 14.2 Å². The first-order valence-electron chi connectivity index (χ1n) is 15.0. The first kappa shape index (κ1) is 25.1. The third-order valence-electron chi connectivity index (χ3n) is 13.8. The van der Waals surface area contributed by atoms with Gasteiger partial charge in [-0.2, -0.15) is 0 Å². The number of rotatable bonds is 1. The molecule has 0 aromatic rings. The molecule has 2 saturated heterocycles. The maximum atomic E-state index is 12.2. The maximum Gasteiger partial charge on any atom is 0.304 e. The summed E-state index contributed by atoms with van der Waals surface area (Å²) < 4.78 is 19.2. The number of hydrogen-bond acceptors (Lipinski definition) is 5. The van der Waals surface area contributed by atoms with Crippen molar-refractivity contribution in [1.82, 2.24) is 0 Å². The van der Waals surface area contributed by atoms with Gasteiger partial charge in [0, 0.05) is 23.7 Å². The minimum Gasteiger partial charge on any atom is -0.435 e. The van der Waals surface area contributed by atoms with Crippen molar-refractivity contribution in [2.45, 2.75) is 131 Å². The molecule has 2 aliphatic heterocycles. The average molecular weight is 513 g/mol. The molecule has 0 aromatic carbocycles. The van der Waals surface area contributed by atoms with Gasteiger partial charge in [0.25, 0.3) is 0 Å². The average Bonchev–Trinajstić information content (AvgIpc) is 3.51. The van der Waals surface area contributed by atoms with E-state index in [2.05, 4.69) is 54.5 Å². The predicted molar refractivity (Wildman–Crippen MR) is 140 cm³/mol. The molecule has 37 heavy (non-hydrogen) atoms.